The number of aliphatic carboxylic acids is 1. The standard InChI is InChI=1S/C12H19N3O2/c1-9-13-10(15-14-9)7-12(8-11(16)17)5-3-2-4-6-12/h2-8H2,1H3,(H,16,17)(H,13,14,15). The van der Waals surface area contributed by atoms with E-state index in [1.54, 1.807) is 0 Å². The summed E-state index contributed by atoms with van der Waals surface area (Å²) < 4.78 is 0. The van der Waals surface area contributed by atoms with Gasteiger partial charge in [0.25, 0.3) is 0 Å². The van der Waals surface area contributed by atoms with Crippen molar-refractivity contribution in [1.82, 2.24) is 15.2 Å². The molecule has 1 aromatic heterocycles. The number of carboxylic acid groups (broad SMARTS) is 1. The molecule has 1 aromatic rings. The fourth-order valence-electron chi connectivity index (χ4n) is 2.84. The molecular formula is C12H19N3O2. The Morgan fingerprint density at radius 2 is 2.12 bits per heavy atom. The van der Waals surface area contributed by atoms with Gasteiger partial charge in [-0.3, -0.25) is 9.89 Å². The molecule has 0 radical (unpaired) electrons. The number of hydrogen-bond donors (Lipinski definition) is 2. The molecule has 94 valence electrons. The first kappa shape index (κ1) is 12.1. The van der Waals surface area contributed by atoms with Gasteiger partial charge in [-0.05, 0) is 25.2 Å². The summed E-state index contributed by atoms with van der Waals surface area (Å²) in [5, 5.41) is 16.0. The molecule has 1 heterocycles. The highest BCUT2D eigenvalue weighted by Crippen LogP contribution is 2.41. The first-order valence-electron chi connectivity index (χ1n) is 6.19. The van der Waals surface area contributed by atoms with Crippen LogP contribution in [0.5, 0.6) is 0 Å². The van der Waals surface area contributed by atoms with Gasteiger partial charge in [0.1, 0.15) is 5.82 Å². The van der Waals surface area contributed by atoms with E-state index in [-0.39, 0.29) is 11.8 Å². The minimum absolute atomic E-state index is 0.126. The normalized spacial score (nSPS) is 19.1. The lowest BCUT2D eigenvalue weighted by molar-refractivity contribution is -0.140. The summed E-state index contributed by atoms with van der Waals surface area (Å²) in [6.45, 7) is 1.86. The minimum atomic E-state index is -0.709. The second-order valence-electron chi connectivity index (χ2n) is 5.15. The highest BCUT2D eigenvalue weighted by atomic mass is 16.4. The molecule has 1 aliphatic carbocycles. The second-order valence-corrected chi connectivity index (χ2v) is 5.15. The summed E-state index contributed by atoms with van der Waals surface area (Å²) in [5.41, 5.74) is -0.126. The number of H-pyrrole nitrogens is 1. The van der Waals surface area contributed by atoms with E-state index in [1.165, 1.54) is 6.42 Å². The lowest BCUT2D eigenvalue weighted by Gasteiger charge is -2.35. The Bertz CT molecular complexity index is 394. The predicted molar refractivity (Wildman–Crippen MR) is 62.6 cm³/mol. The zero-order chi connectivity index (χ0) is 12.3. The Kier molecular flexibility index (Phi) is 3.45. The number of rotatable bonds is 4. The van der Waals surface area contributed by atoms with Gasteiger partial charge < -0.3 is 5.11 Å². The van der Waals surface area contributed by atoms with Crippen LogP contribution in [0.15, 0.2) is 0 Å². The maximum Gasteiger partial charge on any atom is 0.303 e. The van der Waals surface area contributed by atoms with Gasteiger partial charge in [-0.1, -0.05) is 19.3 Å². The maximum absolute atomic E-state index is 11.0. The van der Waals surface area contributed by atoms with Crippen molar-refractivity contribution in [3.8, 4) is 0 Å². The van der Waals surface area contributed by atoms with Gasteiger partial charge in [-0.15, -0.1) is 0 Å². The molecule has 0 aliphatic heterocycles. The average Bonchev–Trinajstić information content (AvgIpc) is 2.63. The third-order valence-electron chi connectivity index (χ3n) is 3.62. The Morgan fingerprint density at radius 3 is 2.65 bits per heavy atom. The summed E-state index contributed by atoms with van der Waals surface area (Å²) in [7, 11) is 0. The molecule has 0 spiro atoms. The predicted octanol–water partition coefficient (Wildman–Crippen LogP) is 2.08. The third kappa shape index (κ3) is 3.05. The van der Waals surface area contributed by atoms with Crippen molar-refractivity contribution in [1.29, 1.82) is 0 Å². The summed E-state index contributed by atoms with van der Waals surface area (Å²) in [4.78, 5) is 15.3. The summed E-state index contributed by atoms with van der Waals surface area (Å²) in [6, 6.07) is 0. The number of aromatic nitrogens is 3. The van der Waals surface area contributed by atoms with Crippen molar-refractivity contribution in [3.63, 3.8) is 0 Å². The van der Waals surface area contributed by atoms with E-state index in [0.717, 1.165) is 37.3 Å². The molecule has 0 unspecified atom stereocenters. The van der Waals surface area contributed by atoms with Crippen LogP contribution < -0.4 is 0 Å². The van der Waals surface area contributed by atoms with E-state index in [0.29, 0.717) is 6.42 Å². The molecule has 2 N–H and O–H groups in total. The molecule has 0 bridgehead atoms. The van der Waals surface area contributed by atoms with Gasteiger partial charge in [0.15, 0.2) is 5.82 Å². The van der Waals surface area contributed by atoms with E-state index in [4.69, 9.17) is 5.11 Å². The van der Waals surface area contributed by atoms with Gasteiger partial charge >= 0.3 is 5.97 Å². The van der Waals surface area contributed by atoms with Crippen molar-refractivity contribution in [2.75, 3.05) is 0 Å². The molecule has 2 rings (SSSR count). The van der Waals surface area contributed by atoms with Crippen LogP contribution in [0.3, 0.4) is 0 Å². The number of carbonyl (C=O) groups is 1. The smallest absolute Gasteiger partial charge is 0.303 e. The number of hydrogen-bond acceptors (Lipinski definition) is 3. The van der Waals surface area contributed by atoms with Crippen molar-refractivity contribution < 1.29 is 9.90 Å². The van der Waals surface area contributed by atoms with Crippen LogP contribution in [-0.2, 0) is 11.2 Å². The molecule has 5 nitrogen and oxygen atoms in total. The quantitative estimate of drug-likeness (QED) is 0.840. The molecule has 0 amide bonds. The van der Waals surface area contributed by atoms with Crippen LogP contribution in [0, 0.1) is 12.3 Å². The number of aromatic amines is 1. The summed E-state index contributed by atoms with van der Waals surface area (Å²) >= 11 is 0. The summed E-state index contributed by atoms with van der Waals surface area (Å²) in [5.74, 6) is 0.839. The lowest BCUT2D eigenvalue weighted by atomic mass is 9.69. The van der Waals surface area contributed by atoms with E-state index in [9.17, 15) is 4.79 Å². The first-order chi connectivity index (χ1) is 8.10. The third-order valence-corrected chi connectivity index (χ3v) is 3.62. The minimum Gasteiger partial charge on any atom is -0.481 e. The van der Waals surface area contributed by atoms with Crippen LogP contribution in [0.25, 0.3) is 0 Å². The van der Waals surface area contributed by atoms with E-state index in [1.807, 2.05) is 6.92 Å². The van der Waals surface area contributed by atoms with Crippen molar-refractivity contribution >= 4 is 5.97 Å². The van der Waals surface area contributed by atoms with Crippen molar-refractivity contribution in [3.05, 3.63) is 11.6 Å². The maximum atomic E-state index is 11.0. The van der Waals surface area contributed by atoms with Crippen LogP contribution in [0.4, 0.5) is 0 Å². The second kappa shape index (κ2) is 4.85. The van der Waals surface area contributed by atoms with E-state index in [2.05, 4.69) is 15.2 Å². The van der Waals surface area contributed by atoms with Crippen molar-refractivity contribution in [2.24, 2.45) is 5.41 Å². The highest BCUT2D eigenvalue weighted by Gasteiger charge is 2.35. The highest BCUT2D eigenvalue weighted by molar-refractivity contribution is 5.67. The van der Waals surface area contributed by atoms with Gasteiger partial charge in [0, 0.05) is 6.42 Å². The van der Waals surface area contributed by atoms with E-state index < -0.39 is 5.97 Å². The number of nitrogens with one attached hydrogen (secondary N) is 1. The van der Waals surface area contributed by atoms with Crippen molar-refractivity contribution in [2.45, 2.75) is 51.9 Å². The van der Waals surface area contributed by atoms with Crippen LogP contribution >= 0.6 is 0 Å². The zero-order valence-corrected chi connectivity index (χ0v) is 10.2. The Balaban J connectivity index is 2.12. The SMILES string of the molecule is Cc1nc(CC2(CC(=O)O)CCCCC2)n[nH]1. The molecule has 5 heteroatoms. The number of aryl methyl sites for hydroxylation is 1. The first-order valence-corrected chi connectivity index (χ1v) is 6.19. The Hall–Kier alpha value is -1.39. The Morgan fingerprint density at radius 1 is 1.41 bits per heavy atom. The largest absolute Gasteiger partial charge is 0.481 e. The topological polar surface area (TPSA) is 78.9 Å². The molecule has 0 aromatic carbocycles. The fourth-order valence-corrected chi connectivity index (χ4v) is 2.84. The monoisotopic (exact) mass is 237 g/mol. The van der Waals surface area contributed by atoms with Crippen LogP contribution in [-0.4, -0.2) is 26.3 Å². The Labute approximate surface area is 101 Å². The van der Waals surface area contributed by atoms with E-state index >= 15 is 0 Å². The number of carboxylic acids is 1. The molecule has 1 aliphatic rings. The van der Waals surface area contributed by atoms with Gasteiger partial charge in [-0.2, -0.15) is 5.10 Å². The molecule has 0 saturated heterocycles. The van der Waals surface area contributed by atoms with Gasteiger partial charge in [-0.25, -0.2) is 4.98 Å². The van der Waals surface area contributed by atoms with Crippen LogP contribution in [0.1, 0.15) is 50.2 Å². The molecule has 1 saturated carbocycles. The van der Waals surface area contributed by atoms with Crippen LogP contribution in [0.2, 0.25) is 0 Å². The molecule has 17 heavy (non-hydrogen) atoms. The fraction of sp³-hybridized carbons (Fsp3) is 0.750. The average molecular weight is 237 g/mol. The lowest BCUT2D eigenvalue weighted by Crippen LogP contribution is -2.30. The van der Waals surface area contributed by atoms with Gasteiger partial charge in [0.2, 0.25) is 0 Å². The molecule has 0 atom stereocenters. The molecule has 1 fully saturated rings. The molecular weight excluding hydrogens is 218 g/mol. The summed E-state index contributed by atoms with van der Waals surface area (Å²) in [6.07, 6.45) is 6.34. The van der Waals surface area contributed by atoms with Gasteiger partial charge in [0.05, 0.1) is 6.42 Å². The zero-order valence-electron chi connectivity index (χ0n) is 10.2. The number of nitrogens with zero attached hydrogens (tertiary/aromatic N) is 2.